The fourth-order valence-corrected chi connectivity index (χ4v) is 2.05. The molecule has 1 heterocycles. The van der Waals surface area contributed by atoms with Crippen LogP contribution in [0.4, 0.5) is 0 Å². The Morgan fingerprint density at radius 1 is 1.57 bits per heavy atom. The summed E-state index contributed by atoms with van der Waals surface area (Å²) >= 11 is 0. The molecule has 0 aromatic carbocycles. The summed E-state index contributed by atoms with van der Waals surface area (Å²) in [4.78, 5) is 13.0. The number of aliphatic hydroxyl groups excluding tert-OH is 1. The third-order valence-corrected chi connectivity index (χ3v) is 2.97. The minimum atomic E-state index is -0.668. The Labute approximate surface area is 84.5 Å². The van der Waals surface area contributed by atoms with Gasteiger partial charge in [-0.05, 0) is 32.7 Å². The molecule has 0 amide bonds. The van der Waals surface area contributed by atoms with Crippen molar-refractivity contribution in [3.8, 4) is 0 Å². The number of nitrogens with zero attached hydrogens (tertiary/aromatic N) is 1. The monoisotopic (exact) mass is 201 g/mol. The molecule has 4 heteroatoms. The van der Waals surface area contributed by atoms with E-state index < -0.39 is 5.97 Å². The first-order valence-electron chi connectivity index (χ1n) is 5.23. The van der Waals surface area contributed by atoms with E-state index in [0.29, 0.717) is 6.04 Å². The molecule has 2 N–H and O–H groups in total. The number of piperidine rings is 1. The molecule has 0 radical (unpaired) electrons. The number of carbonyl (C=O) groups is 1. The van der Waals surface area contributed by atoms with Gasteiger partial charge in [-0.1, -0.05) is 0 Å². The van der Waals surface area contributed by atoms with Crippen molar-refractivity contribution >= 4 is 5.97 Å². The molecular formula is C10H19NO3. The zero-order chi connectivity index (χ0) is 10.6. The van der Waals surface area contributed by atoms with Crippen molar-refractivity contribution < 1.29 is 15.0 Å². The van der Waals surface area contributed by atoms with Gasteiger partial charge in [0, 0.05) is 19.2 Å². The minimum absolute atomic E-state index is 0.171. The summed E-state index contributed by atoms with van der Waals surface area (Å²) < 4.78 is 0. The van der Waals surface area contributed by atoms with Crippen molar-refractivity contribution in [3.63, 3.8) is 0 Å². The van der Waals surface area contributed by atoms with Crippen LogP contribution in [-0.2, 0) is 4.79 Å². The van der Waals surface area contributed by atoms with Crippen molar-refractivity contribution in [3.05, 3.63) is 0 Å². The second-order valence-corrected chi connectivity index (χ2v) is 4.02. The molecule has 4 nitrogen and oxygen atoms in total. The van der Waals surface area contributed by atoms with Gasteiger partial charge in [-0.25, -0.2) is 0 Å². The highest BCUT2D eigenvalue weighted by atomic mass is 16.4. The average Bonchev–Trinajstić information content (AvgIpc) is 2.15. The number of carboxylic acids is 1. The lowest BCUT2D eigenvalue weighted by Gasteiger charge is -2.36. The summed E-state index contributed by atoms with van der Waals surface area (Å²) in [5, 5.41) is 17.6. The normalized spacial score (nSPS) is 29.0. The smallest absolute Gasteiger partial charge is 0.306 e. The zero-order valence-corrected chi connectivity index (χ0v) is 8.65. The molecule has 82 valence electrons. The van der Waals surface area contributed by atoms with Crippen LogP contribution in [0.15, 0.2) is 0 Å². The number of aliphatic hydroxyl groups is 1. The highest BCUT2D eigenvalue weighted by Gasteiger charge is 2.28. The maximum Gasteiger partial charge on any atom is 0.306 e. The summed E-state index contributed by atoms with van der Waals surface area (Å²) in [7, 11) is 0. The number of hydrogen-bond acceptors (Lipinski definition) is 3. The average molecular weight is 201 g/mol. The third kappa shape index (κ3) is 2.96. The van der Waals surface area contributed by atoms with E-state index in [2.05, 4.69) is 11.8 Å². The van der Waals surface area contributed by atoms with E-state index in [1.54, 1.807) is 0 Å². The largest absolute Gasteiger partial charge is 0.481 e. The molecule has 0 saturated carbocycles. The van der Waals surface area contributed by atoms with Crippen molar-refractivity contribution in [1.29, 1.82) is 0 Å². The molecule has 1 fully saturated rings. The Bertz CT molecular complexity index is 196. The van der Waals surface area contributed by atoms with Crippen LogP contribution in [0, 0.1) is 5.92 Å². The fraction of sp³-hybridized carbons (Fsp3) is 0.900. The second kappa shape index (κ2) is 5.32. The summed E-state index contributed by atoms with van der Waals surface area (Å²) in [6, 6.07) is 0.330. The van der Waals surface area contributed by atoms with Gasteiger partial charge in [0.25, 0.3) is 0 Å². The van der Waals surface area contributed by atoms with E-state index in [1.807, 2.05) is 0 Å². The standard InChI is InChI=1S/C10H19NO3/c1-8-7-9(10(13)14)3-5-11(8)4-2-6-12/h8-9,12H,2-7H2,1H3,(H,13,14). The second-order valence-electron chi connectivity index (χ2n) is 4.02. The molecule has 1 rings (SSSR count). The lowest BCUT2D eigenvalue weighted by Crippen LogP contribution is -2.43. The lowest BCUT2D eigenvalue weighted by molar-refractivity contribution is -0.144. The zero-order valence-electron chi connectivity index (χ0n) is 8.65. The summed E-state index contributed by atoms with van der Waals surface area (Å²) in [5.74, 6) is -0.839. The summed E-state index contributed by atoms with van der Waals surface area (Å²) in [5.41, 5.74) is 0. The van der Waals surface area contributed by atoms with E-state index in [-0.39, 0.29) is 12.5 Å². The topological polar surface area (TPSA) is 60.8 Å². The van der Waals surface area contributed by atoms with E-state index in [1.165, 1.54) is 0 Å². The van der Waals surface area contributed by atoms with Crippen LogP contribution in [0.3, 0.4) is 0 Å². The van der Waals surface area contributed by atoms with Gasteiger partial charge in [-0.3, -0.25) is 4.79 Å². The van der Waals surface area contributed by atoms with Gasteiger partial charge < -0.3 is 15.1 Å². The number of aliphatic carboxylic acids is 1. The van der Waals surface area contributed by atoms with E-state index >= 15 is 0 Å². The van der Waals surface area contributed by atoms with Gasteiger partial charge >= 0.3 is 5.97 Å². The molecule has 1 aliphatic rings. The van der Waals surface area contributed by atoms with Crippen LogP contribution in [0.5, 0.6) is 0 Å². The van der Waals surface area contributed by atoms with Crippen molar-refractivity contribution in [2.75, 3.05) is 19.7 Å². The van der Waals surface area contributed by atoms with Crippen molar-refractivity contribution in [2.45, 2.75) is 32.2 Å². The Kier molecular flexibility index (Phi) is 4.35. The molecule has 2 atom stereocenters. The lowest BCUT2D eigenvalue weighted by atomic mass is 9.92. The summed E-state index contributed by atoms with van der Waals surface area (Å²) in [6.07, 6.45) is 2.26. The van der Waals surface area contributed by atoms with E-state index in [0.717, 1.165) is 32.4 Å². The van der Waals surface area contributed by atoms with Gasteiger partial charge in [0.05, 0.1) is 5.92 Å². The highest BCUT2D eigenvalue weighted by Crippen LogP contribution is 2.22. The molecule has 0 aromatic rings. The number of likely N-dealkylation sites (tertiary alicyclic amines) is 1. The van der Waals surface area contributed by atoms with Gasteiger partial charge in [-0.15, -0.1) is 0 Å². The van der Waals surface area contributed by atoms with E-state index in [4.69, 9.17) is 10.2 Å². The molecule has 0 aromatic heterocycles. The maximum atomic E-state index is 10.8. The minimum Gasteiger partial charge on any atom is -0.481 e. The predicted octanol–water partition coefficient (Wildman–Crippen LogP) is 0.554. The molecule has 0 aliphatic carbocycles. The maximum absolute atomic E-state index is 10.8. The first-order chi connectivity index (χ1) is 6.65. The van der Waals surface area contributed by atoms with Gasteiger partial charge in [-0.2, -0.15) is 0 Å². The van der Waals surface area contributed by atoms with Crippen LogP contribution in [-0.4, -0.2) is 46.8 Å². The number of hydrogen-bond donors (Lipinski definition) is 2. The highest BCUT2D eigenvalue weighted by molar-refractivity contribution is 5.70. The van der Waals surface area contributed by atoms with E-state index in [9.17, 15) is 4.79 Å². The van der Waals surface area contributed by atoms with Crippen LogP contribution in [0.1, 0.15) is 26.2 Å². The van der Waals surface area contributed by atoms with Gasteiger partial charge in [0.2, 0.25) is 0 Å². The quantitative estimate of drug-likeness (QED) is 0.697. The van der Waals surface area contributed by atoms with Crippen LogP contribution < -0.4 is 0 Å². The van der Waals surface area contributed by atoms with Gasteiger partial charge in [0.1, 0.15) is 0 Å². The van der Waals surface area contributed by atoms with Crippen LogP contribution >= 0.6 is 0 Å². The molecule has 1 aliphatic heterocycles. The fourth-order valence-electron chi connectivity index (χ4n) is 2.05. The Morgan fingerprint density at radius 3 is 2.79 bits per heavy atom. The third-order valence-electron chi connectivity index (χ3n) is 2.97. The molecule has 0 bridgehead atoms. The molecular weight excluding hydrogens is 182 g/mol. The van der Waals surface area contributed by atoms with Crippen LogP contribution in [0.25, 0.3) is 0 Å². The number of rotatable bonds is 4. The first-order valence-corrected chi connectivity index (χ1v) is 5.23. The van der Waals surface area contributed by atoms with Crippen LogP contribution in [0.2, 0.25) is 0 Å². The van der Waals surface area contributed by atoms with Crippen molar-refractivity contribution in [1.82, 2.24) is 4.90 Å². The Morgan fingerprint density at radius 2 is 2.29 bits per heavy atom. The molecule has 14 heavy (non-hydrogen) atoms. The molecule has 0 spiro atoms. The summed E-state index contributed by atoms with van der Waals surface area (Å²) in [6.45, 7) is 4.00. The Hall–Kier alpha value is -0.610. The Balaban J connectivity index is 2.35. The van der Waals surface area contributed by atoms with Crippen molar-refractivity contribution in [2.24, 2.45) is 5.92 Å². The van der Waals surface area contributed by atoms with Gasteiger partial charge in [0.15, 0.2) is 0 Å². The number of carboxylic acid groups (broad SMARTS) is 1. The molecule has 1 saturated heterocycles. The molecule has 2 unspecified atom stereocenters. The first kappa shape index (κ1) is 11.5. The SMILES string of the molecule is CC1CC(C(=O)O)CCN1CCCO. The predicted molar refractivity (Wildman–Crippen MR) is 53.1 cm³/mol.